The summed E-state index contributed by atoms with van der Waals surface area (Å²) < 4.78 is 40.3. The number of ether oxygens (including phenoxy) is 2. The first-order chi connectivity index (χ1) is 14.9. The van der Waals surface area contributed by atoms with E-state index in [2.05, 4.69) is 11.3 Å². The van der Waals surface area contributed by atoms with Crippen LogP contribution < -0.4 is 9.47 Å². The Morgan fingerprint density at radius 2 is 2.00 bits per heavy atom. The number of benzene rings is 1. The van der Waals surface area contributed by atoms with Crippen molar-refractivity contribution in [3.8, 4) is 11.5 Å². The van der Waals surface area contributed by atoms with E-state index in [0.29, 0.717) is 29.6 Å². The maximum atomic E-state index is 12.8. The summed E-state index contributed by atoms with van der Waals surface area (Å²) in [6, 6.07) is 8.57. The molecule has 31 heavy (non-hydrogen) atoms. The van der Waals surface area contributed by atoms with E-state index >= 15 is 0 Å². The summed E-state index contributed by atoms with van der Waals surface area (Å²) in [5, 5.41) is 1.82. The zero-order valence-corrected chi connectivity index (χ0v) is 20.0. The molecule has 1 aromatic carbocycles. The van der Waals surface area contributed by atoms with E-state index in [1.165, 1.54) is 11.0 Å². The molecule has 7 nitrogen and oxygen atoms in total. The molecule has 0 bridgehead atoms. The van der Waals surface area contributed by atoms with Crippen LogP contribution in [-0.4, -0.2) is 44.7 Å². The van der Waals surface area contributed by atoms with Crippen molar-refractivity contribution in [2.45, 2.75) is 30.9 Å². The Morgan fingerprint density at radius 3 is 2.65 bits per heavy atom. The summed E-state index contributed by atoms with van der Waals surface area (Å²) in [6.45, 7) is 4.79. The lowest BCUT2D eigenvalue weighted by Crippen LogP contribution is -2.29. The number of thiophene rings is 1. The van der Waals surface area contributed by atoms with Gasteiger partial charge in [-0.1, -0.05) is 25.5 Å². The number of sulfonamides is 1. The second-order valence-electron chi connectivity index (χ2n) is 6.55. The maximum Gasteiger partial charge on any atom is 0.294 e. The summed E-state index contributed by atoms with van der Waals surface area (Å²) in [4.78, 5) is 14.6. The Kier molecular flexibility index (Phi) is 7.79. The van der Waals surface area contributed by atoms with Crippen LogP contribution in [0.4, 0.5) is 0 Å². The third-order valence-corrected chi connectivity index (χ3v) is 8.15. The number of likely N-dealkylation sites (N-methyl/N-ethyl adjacent to an activating group) is 1. The first-order valence-electron chi connectivity index (χ1n) is 9.80. The van der Waals surface area contributed by atoms with Gasteiger partial charge < -0.3 is 9.47 Å². The molecule has 1 saturated heterocycles. The predicted octanol–water partition coefficient (Wildman–Crippen LogP) is 4.62. The number of carbonyl (C=O) groups excluding carboxylic acids is 1. The van der Waals surface area contributed by atoms with Crippen LogP contribution in [0.5, 0.6) is 11.5 Å². The van der Waals surface area contributed by atoms with Crippen molar-refractivity contribution in [2.24, 2.45) is 4.40 Å². The average Bonchev–Trinajstić information content (AvgIpc) is 3.38. The van der Waals surface area contributed by atoms with E-state index in [9.17, 15) is 13.2 Å². The van der Waals surface area contributed by atoms with Gasteiger partial charge in [0.25, 0.3) is 15.9 Å². The van der Waals surface area contributed by atoms with Crippen molar-refractivity contribution in [1.29, 1.82) is 0 Å². The van der Waals surface area contributed by atoms with Crippen molar-refractivity contribution in [2.75, 3.05) is 20.3 Å². The number of amidine groups is 1. The molecule has 0 atom stereocenters. The third-order valence-electron chi connectivity index (χ3n) is 4.39. The topological polar surface area (TPSA) is 85.3 Å². The van der Waals surface area contributed by atoms with Gasteiger partial charge in [-0.25, -0.2) is 0 Å². The van der Waals surface area contributed by atoms with Crippen LogP contribution in [0.15, 0.2) is 49.2 Å². The van der Waals surface area contributed by atoms with E-state index < -0.39 is 10.0 Å². The highest BCUT2D eigenvalue weighted by Gasteiger charge is 2.34. The smallest absolute Gasteiger partial charge is 0.294 e. The van der Waals surface area contributed by atoms with Crippen molar-refractivity contribution >= 4 is 50.3 Å². The van der Waals surface area contributed by atoms with Crippen molar-refractivity contribution in [1.82, 2.24) is 4.90 Å². The molecule has 3 rings (SSSR count). The lowest BCUT2D eigenvalue weighted by Gasteiger charge is -2.12. The van der Waals surface area contributed by atoms with E-state index in [4.69, 9.17) is 9.47 Å². The highest BCUT2D eigenvalue weighted by Crippen LogP contribution is 2.35. The molecule has 1 aliphatic rings. The SMILES string of the molecule is CCCCOc1ccc(C=C2SC(=NS(=O)(=O)c3cccs3)N(CC)C2=O)cc1OC. The summed E-state index contributed by atoms with van der Waals surface area (Å²) in [7, 11) is -2.30. The lowest BCUT2D eigenvalue weighted by atomic mass is 10.2. The van der Waals surface area contributed by atoms with E-state index in [1.807, 2.05) is 6.07 Å². The van der Waals surface area contributed by atoms with Gasteiger partial charge in [-0.3, -0.25) is 9.69 Å². The van der Waals surface area contributed by atoms with Crippen LogP contribution in [-0.2, 0) is 14.8 Å². The van der Waals surface area contributed by atoms with Crippen LogP contribution >= 0.6 is 23.1 Å². The number of nitrogens with zero attached hydrogens (tertiary/aromatic N) is 2. The third kappa shape index (κ3) is 5.50. The molecule has 0 N–H and O–H groups in total. The molecule has 1 amide bonds. The predicted molar refractivity (Wildman–Crippen MR) is 125 cm³/mol. The number of hydrogen-bond acceptors (Lipinski definition) is 7. The monoisotopic (exact) mass is 480 g/mol. The van der Waals surface area contributed by atoms with Gasteiger partial charge in [0, 0.05) is 6.54 Å². The zero-order valence-electron chi connectivity index (χ0n) is 17.5. The second-order valence-corrected chi connectivity index (χ2v) is 10.3. The molecule has 0 aliphatic carbocycles. The van der Waals surface area contributed by atoms with E-state index in [0.717, 1.165) is 41.5 Å². The molecule has 2 aromatic rings. The van der Waals surface area contributed by atoms with Gasteiger partial charge in [0.05, 0.1) is 18.6 Å². The van der Waals surface area contributed by atoms with Crippen LogP contribution in [0.25, 0.3) is 6.08 Å². The highest BCUT2D eigenvalue weighted by atomic mass is 32.2. The van der Waals surface area contributed by atoms with Crippen LogP contribution in [0.2, 0.25) is 0 Å². The quantitative estimate of drug-likeness (QED) is 0.385. The minimum atomic E-state index is -3.86. The Labute approximate surface area is 190 Å². The fourth-order valence-corrected chi connectivity index (χ4v) is 6.00. The number of unbranched alkanes of at least 4 members (excludes halogenated alkanes) is 1. The number of amides is 1. The molecule has 0 saturated carbocycles. The Bertz CT molecular complexity index is 1090. The van der Waals surface area contributed by atoms with Gasteiger partial charge in [-0.15, -0.1) is 15.7 Å². The molecule has 10 heteroatoms. The molecule has 1 aromatic heterocycles. The molecule has 2 heterocycles. The number of rotatable bonds is 9. The van der Waals surface area contributed by atoms with Crippen LogP contribution in [0.3, 0.4) is 0 Å². The molecule has 1 aliphatic heterocycles. The van der Waals surface area contributed by atoms with Crippen molar-refractivity contribution in [3.63, 3.8) is 0 Å². The Balaban J connectivity index is 1.88. The Hall–Kier alpha value is -2.30. The van der Waals surface area contributed by atoms with Gasteiger partial charge in [0.2, 0.25) is 0 Å². The van der Waals surface area contributed by atoms with Gasteiger partial charge in [-0.05, 0) is 60.3 Å². The standard InChI is InChI=1S/C21H24N2O5S3/c1-4-6-11-28-16-10-9-15(13-17(16)27-3)14-18-20(24)23(5-2)21(30-18)22-31(25,26)19-8-7-12-29-19/h7-10,12-14H,4-6,11H2,1-3H3. The minimum absolute atomic E-state index is 0.143. The first-order valence-corrected chi connectivity index (χ1v) is 12.9. The molecule has 0 radical (unpaired) electrons. The Morgan fingerprint density at radius 1 is 1.19 bits per heavy atom. The zero-order chi connectivity index (χ0) is 22.4. The summed E-state index contributed by atoms with van der Waals surface area (Å²) in [6.07, 6.45) is 3.68. The number of hydrogen-bond donors (Lipinski definition) is 0. The largest absolute Gasteiger partial charge is 0.493 e. The highest BCUT2D eigenvalue weighted by molar-refractivity contribution is 8.19. The number of methoxy groups -OCH3 is 1. The van der Waals surface area contributed by atoms with E-state index in [1.54, 1.807) is 43.7 Å². The summed E-state index contributed by atoms with van der Waals surface area (Å²) in [5.41, 5.74) is 0.744. The normalized spacial score (nSPS) is 17.0. The summed E-state index contributed by atoms with van der Waals surface area (Å²) >= 11 is 2.14. The minimum Gasteiger partial charge on any atom is -0.493 e. The fourth-order valence-electron chi connectivity index (χ4n) is 2.78. The fraction of sp³-hybridized carbons (Fsp3) is 0.333. The number of carbonyl (C=O) groups is 1. The molecule has 0 spiro atoms. The lowest BCUT2D eigenvalue weighted by molar-refractivity contribution is -0.122. The molecular weight excluding hydrogens is 456 g/mol. The van der Waals surface area contributed by atoms with Crippen LogP contribution in [0, 0.1) is 0 Å². The summed E-state index contributed by atoms with van der Waals surface area (Å²) in [5.74, 6) is 0.931. The molecular formula is C21H24N2O5S3. The van der Waals surface area contributed by atoms with Crippen molar-refractivity contribution < 1.29 is 22.7 Å². The molecule has 0 unspecified atom stereocenters. The van der Waals surface area contributed by atoms with E-state index in [-0.39, 0.29) is 15.3 Å². The van der Waals surface area contributed by atoms with Crippen molar-refractivity contribution in [3.05, 3.63) is 46.2 Å². The molecule has 166 valence electrons. The maximum absolute atomic E-state index is 12.8. The van der Waals surface area contributed by atoms with Gasteiger partial charge in [0.15, 0.2) is 16.7 Å². The molecule has 1 fully saturated rings. The average molecular weight is 481 g/mol. The van der Waals surface area contributed by atoms with Crippen LogP contribution in [0.1, 0.15) is 32.3 Å². The first kappa shape index (κ1) is 23.4. The van der Waals surface area contributed by atoms with Gasteiger partial charge in [-0.2, -0.15) is 8.42 Å². The van der Waals surface area contributed by atoms with Gasteiger partial charge in [0.1, 0.15) is 4.21 Å². The second kappa shape index (κ2) is 10.3. The van der Waals surface area contributed by atoms with Gasteiger partial charge >= 0.3 is 0 Å². The number of thioether (sulfide) groups is 1.